The van der Waals surface area contributed by atoms with Gasteiger partial charge in [-0.2, -0.15) is 11.8 Å². The summed E-state index contributed by atoms with van der Waals surface area (Å²) in [6.45, 7) is 7.16. The van der Waals surface area contributed by atoms with Gasteiger partial charge in [-0.15, -0.1) is 0 Å². The molecule has 4 rings (SSSR count). The van der Waals surface area contributed by atoms with E-state index < -0.39 is 0 Å². The molecule has 4 heteroatoms. The van der Waals surface area contributed by atoms with Gasteiger partial charge in [0.25, 0.3) is 0 Å². The van der Waals surface area contributed by atoms with E-state index in [1.165, 1.54) is 55.6 Å². The zero-order valence-electron chi connectivity index (χ0n) is 23.3. The van der Waals surface area contributed by atoms with Gasteiger partial charge in [0.1, 0.15) is 0 Å². The Hall–Kier alpha value is -0.301. The Morgan fingerprint density at radius 1 is 0.743 bits per heavy atom. The molecule has 2 aliphatic carbocycles. The Morgan fingerprint density at radius 3 is 1.54 bits per heavy atom. The van der Waals surface area contributed by atoms with Crippen molar-refractivity contribution in [1.29, 1.82) is 0 Å². The van der Waals surface area contributed by atoms with Crippen LogP contribution in [0.3, 0.4) is 0 Å². The maximum Gasteiger partial charge on any atom is 2.00 e. The van der Waals surface area contributed by atoms with Gasteiger partial charge in [0, 0.05) is 11.3 Å². The summed E-state index contributed by atoms with van der Waals surface area (Å²) in [5, 5.41) is 4.48. The molecule has 0 saturated heterocycles. The SMILES string of the molecule is C1CCCC1.CC(C)SC1C([C@@H](C)N(C)C)CCC1P(c1ccccc1)c1ccccc1.[CH3-].[CH3-].[Fe+2]. The smallest absolute Gasteiger partial charge is 0.358 e. The number of nitrogens with zero attached hydrogens (tertiary/aromatic N) is 1. The third-order valence-corrected chi connectivity index (χ3v) is 11.8. The van der Waals surface area contributed by atoms with Crippen molar-refractivity contribution in [3.8, 4) is 0 Å². The zero-order valence-corrected chi connectivity index (χ0v) is 26.1. The Balaban J connectivity index is 0.00000129. The van der Waals surface area contributed by atoms with Gasteiger partial charge in [-0.05, 0) is 69.2 Å². The molecule has 0 N–H and O–H groups in total. The number of hydrogen-bond acceptors (Lipinski definition) is 2. The largest absolute Gasteiger partial charge is 2.00 e. The van der Waals surface area contributed by atoms with E-state index in [1.54, 1.807) is 0 Å². The van der Waals surface area contributed by atoms with E-state index >= 15 is 0 Å². The molecule has 2 aromatic rings. The van der Waals surface area contributed by atoms with E-state index in [0.29, 0.717) is 11.3 Å². The number of rotatable bonds is 7. The van der Waals surface area contributed by atoms with Crippen LogP contribution in [0.1, 0.15) is 65.7 Å². The van der Waals surface area contributed by atoms with Crippen LogP contribution in [0.4, 0.5) is 0 Å². The summed E-state index contributed by atoms with van der Waals surface area (Å²) in [5.74, 6) is 0.773. The molecule has 0 radical (unpaired) electrons. The number of benzene rings is 2. The Morgan fingerprint density at radius 2 is 1.17 bits per heavy atom. The first-order valence-corrected chi connectivity index (χ1v) is 15.1. The zero-order chi connectivity index (χ0) is 22.9. The van der Waals surface area contributed by atoms with Gasteiger partial charge in [-0.25, -0.2) is 0 Å². The van der Waals surface area contributed by atoms with Crippen molar-refractivity contribution in [3.63, 3.8) is 0 Å². The van der Waals surface area contributed by atoms with Crippen LogP contribution in [0, 0.1) is 20.8 Å². The second-order valence-corrected chi connectivity index (χ2v) is 14.2. The average Bonchev–Trinajstić information content (AvgIpc) is 3.49. The quantitative estimate of drug-likeness (QED) is 0.192. The van der Waals surface area contributed by atoms with E-state index in [9.17, 15) is 0 Å². The molecule has 2 saturated carbocycles. The normalized spacial score (nSPS) is 22.0. The minimum Gasteiger partial charge on any atom is -0.358 e. The molecular formula is C31H50FeNPS. The average molecular weight is 556 g/mol. The second-order valence-electron chi connectivity index (χ2n) is 9.97. The molecule has 3 unspecified atom stereocenters. The van der Waals surface area contributed by atoms with E-state index in [0.717, 1.165) is 16.8 Å². The minimum atomic E-state index is -0.332. The van der Waals surface area contributed by atoms with Crippen LogP contribution in [-0.2, 0) is 17.1 Å². The van der Waals surface area contributed by atoms with Crippen LogP contribution in [0.5, 0.6) is 0 Å². The summed E-state index contributed by atoms with van der Waals surface area (Å²) < 4.78 is 0. The van der Waals surface area contributed by atoms with Crippen molar-refractivity contribution >= 4 is 30.3 Å². The van der Waals surface area contributed by atoms with Crippen molar-refractivity contribution in [3.05, 3.63) is 75.5 Å². The van der Waals surface area contributed by atoms with Crippen LogP contribution in [-0.4, -0.2) is 41.2 Å². The van der Waals surface area contributed by atoms with Gasteiger partial charge in [-0.1, -0.05) is 107 Å². The predicted octanol–water partition coefficient (Wildman–Crippen LogP) is 8.21. The summed E-state index contributed by atoms with van der Waals surface area (Å²) in [4.78, 5) is 2.42. The molecule has 2 aromatic carbocycles. The molecule has 0 heterocycles. The van der Waals surface area contributed by atoms with Crippen LogP contribution < -0.4 is 10.6 Å². The summed E-state index contributed by atoms with van der Waals surface area (Å²) in [5.41, 5.74) is 0.754. The van der Waals surface area contributed by atoms with E-state index in [-0.39, 0.29) is 39.8 Å². The van der Waals surface area contributed by atoms with E-state index in [4.69, 9.17) is 0 Å². The fraction of sp³-hybridized carbons (Fsp3) is 0.548. The molecule has 1 nitrogen and oxygen atoms in total. The van der Waals surface area contributed by atoms with Gasteiger partial charge in [0.05, 0.1) is 0 Å². The molecule has 0 bridgehead atoms. The Kier molecular flexibility index (Phi) is 17.9. The molecule has 2 aliphatic rings. The molecule has 4 atom stereocenters. The first-order valence-electron chi connectivity index (χ1n) is 12.7. The Bertz CT molecular complexity index is 719. The van der Waals surface area contributed by atoms with E-state index in [1.807, 2.05) is 0 Å². The van der Waals surface area contributed by atoms with Crippen LogP contribution in [0.25, 0.3) is 0 Å². The van der Waals surface area contributed by atoms with E-state index in [2.05, 4.69) is 112 Å². The number of hydrogen-bond donors (Lipinski definition) is 0. The molecular weight excluding hydrogens is 505 g/mol. The summed E-state index contributed by atoms with van der Waals surface area (Å²) in [6, 6.07) is 23.2. The topological polar surface area (TPSA) is 3.24 Å². The molecule has 0 spiro atoms. The number of thioether (sulfide) groups is 1. The first kappa shape index (κ1) is 34.7. The fourth-order valence-electron chi connectivity index (χ4n) is 5.25. The van der Waals surface area contributed by atoms with Crippen LogP contribution >= 0.6 is 19.7 Å². The van der Waals surface area contributed by atoms with Gasteiger partial charge >= 0.3 is 17.1 Å². The second kappa shape index (κ2) is 18.0. The van der Waals surface area contributed by atoms with Crippen molar-refractivity contribution < 1.29 is 17.1 Å². The third kappa shape index (κ3) is 10.2. The maximum atomic E-state index is 2.42. The fourth-order valence-corrected chi connectivity index (χ4v) is 10.3. The first-order chi connectivity index (χ1) is 15.5. The van der Waals surface area contributed by atoms with Gasteiger partial charge in [0.15, 0.2) is 0 Å². The van der Waals surface area contributed by atoms with Crippen LogP contribution in [0.2, 0.25) is 0 Å². The summed E-state index contributed by atoms with van der Waals surface area (Å²) >= 11 is 2.23. The monoisotopic (exact) mass is 555 g/mol. The predicted molar refractivity (Wildman–Crippen MR) is 161 cm³/mol. The third-order valence-electron chi connectivity index (χ3n) is 7.11. The van der Waals surface area contributed by atoms with Crippen molar-refractivity contribution in [2.75, 3.05) is 14.1 Å². The summed E-state index contributed by atoms with van der Waals surface area (Å²) in [7, 11) is 4.15. The summed E-state index contributed by atoms with van der Waals surface area (Å²) in [6.07, 6.45) is 10.2. The maximum absolute atomic E-state index is 2.42. The molecule has 35 heavy (non-hydrogen) atoms. The molecule has 198 valence electrons. The minimum absolute atomic E-state index is 0. The standard InChI is InChI=1S/C24H34NPS.C5H10.2CH3.Fe/c1-18(2)27-24-22(19(3)25(4)5)16-17-23(24)26(20-12-8-6-9-13-20)21-14-10-7-11-15-21;1-2-4-5-3-1;;;/h6-15,18-19,22-24H,16-17H2,1-5H3;1-5H2;2*1H3;/q;;2*-1;+2/t19-,22?,23?,24?;;;;/m1..../s1. The molecule has 0 aromatic heterocycles. The van der Waals surface area contributed by atoms with Crippen molar-refractivity contribution in [2.45, 2.75) is 87.9 Å². The van der Waals surface area contributed by atoms with Crippen molar-refractivity contribution in [2.24, 2.45) is 5.92 Å². The molecule has 0 amide bonds. The van der Waals surface area contributed by atoms with Gasteiger partial charge < -0.3 is 19.8 Å². The molecule has 2 fully saturated rings. The van der Waals surface area contributed by atoms with Gasteiger partial charge in [-0.3, -0.25) is 0 Å². The Labute approximate surface area is 234 Å². The van der Waals surface area contributed by atoms with Crippen molar-refractivity contribution in [1.82, 2.24) is 4.90 Å². The molecule has 0 aliphatic heterocycles. The van der Waals surface area contributed by atoms with Crippen LogP contribution in [0.15, 0.2) is 60.7 Å². The van der Waals surface area contributed by atoms with Gasteiger partial charge in [0.2, 0.25) is 0 Å².